The molecular formula is C12H21NS. The van der Waals surface area contributed by atoms with E-state index in [1.54, 1.807) is 0 Å². The molecule has 0 bridgehead atoms. The first-order chi connectivity index (χ1) is 6.53. The van der Waals surface area contributed by atoms with Crippen molar-refractivity contribution >= 4 is 11.3 Å². The van der Waals surface area contributed by atoms with E-state index in [0.717, 1.165) is 19.5 Å². The molecule has 0 unspecified atom stereocenters. The van der Waals surface area contributed by atoms with Crippen LogP contribution in [-0.4, -0.2) is 6.54 Å². The Bertz CT molecular complexity index is 270. The molecule has 0 aliphatic heterocycles. The Labute approximate surface area is 91.5 Å². The van der Waals surface area contributed by atoms with Crippen LogP contribution >= 0.6 is 11.3 Å². The highest BCUT2D eigenvalue weighted by molar-refractivity contribution is 7.10. The SMILES string of the molecule is CCc1ccsc1CNCC(C)(C)C. The van der Waals surface area contributed by atoms with Crippen molar-refractivity contribution < 1.29 is 0 Å². The molecule has 14 heavy (non-hydrogen) atoms. The summed E-state index contributed by atoms with van der Waals surface area (Å²) in [5.41, 5.74) is 1.88. The normalized spacial score (nSPS) is 12.0. The molecule has 0 saturated carbocycles. The molecule has 0 aliphatic rings. The van der Waals surface area contributed by atoms with Crippen molar-refractivity contribution in [3.63, 3.8) is 0 Å². The first kappa shape index (κ1) is 11.7. The Morgan fingerprint density at radius 3 is 2.64 bits per heavy atom. The van der Waals surface area contributed by atoms with Crippen LogP contribution in [0.25, 0.3) is 0 Å². The van der Waals surface area contributed by atoms with E-state index in [1.807, 2.05) is 11.3 Å². The second kappa shape index (κ2) is 4.94. The zero-order valence-electron chi connectivity index (χ0n) is 9.68. The van der Waals surface area contributed by atoms with E-state index in [0.29, 0.717) is 5.41 Å². The molecule has 0 amide bonds. The number of nitrogens with one attached hydrogen (secondary N) is 1. The van der Waals surface area contributed by atoms with Gasteiger partial charge in [0.25, 0.3) is 0 Å². The van der Waals surface area contributed by atoms with Gasteiger partial charge in [-0.15, -0.1) is 11.3 Å². The van der Waals surface area contributed by atoms with E-state index in [9.17, 15) is 0 Å². The maximum Gasteiger partial charge on any atom is 0.0302 e. The summed E-state index contributed by atoms with van der Waals surface area (Å²) >= 11 is 1.86. The Morgan fingerprint density at radius 1 is 1.36 bits per heavy atom. The molecule has 0 aliphatic carbocycles. The molecule has 2 heteroatoms. The molecule has 1 rings (SSSR count). The molecule has 1 N–H and O–H groups in total. The van der Waals surface area contributed by atoms with Crippen LogP contribution in [0, 0.1) is 5.41 Å². The zero-order chi connectivity index (χ0) is 10.6. The number of hydrogen-bond donors (Lipinski definition) is 1. The van der Waals surface area contributed by atoms with Gasteiger partial charge < -0.3 is 5.32 Å². The Hall–Kier alpha value is -0.340. The lowest BCUT2D eigenvalue weighted by Gasteiger charge is -2.18. The fourth-order valence-electron chi connectivity index (χ4n) is 1.39. The molecule has 0 spiro atoms. The fourth-order valence-corrected chi connectivity index (χ4v) is 2.33. The topological polar surface area (TPSA) is 12.0 Å². The van der Waals surface area contributed by atoms with Crippen molar-refractivity contribution in [1.29, 1.82) is 0 Å². The predicted molar refractivity (Wildman–Crippen MR) is 64.9 cm³/mol. The number of aryl methyl sites for hydroxylation is 1. The Morgan fingerprint density at radius 2 is 2.07 bits per heavy atom. The van der Waals surface area contributed by atoms with Crippen molar-refractivity contribution in [2.75, 3.05) is 6.54 Å². The lowest BCUT2D eigenvalue weighted by Crippen LogP contribution is -2.26. The highest BCUT2D eigenvalue weighted by Crippen LogP contribution is 2.17. The van der Waals surface area contributed by atoms with E-state index in [2.05, 4.69) is 44.5 Å². The number of rotatable bonds is 4. The molecule has 80 valence electrons. The highest BCUT2D eigenvalue weighted by atomic mass is 32.1. The molecule has 0 radical (unpaired) electrons. The maximum atomic E-state index is 3.51. The van der Waals surface area contributed by atoms with Crippen LogP contribution in [0.4, 0.5) is 0 Å². The summed E-state index contributed by atoms with van der Waals surface area (Å²) in [7, 11) is 0. The van der Waals surface area contributed by atoms with Gasteiger partial charge in [-0.05, 0) is 28.8 Å². The Balaban J connectivity index is 2.38. The van der Waals surface area contributed by atoms with Crippen LogP contribution in [-0.2, 0) is 13.0 Å². The second-order valence-electron chi connectivity index (χ2n) is 4.89. The highest BCUT2D eigenvalue weighted by Gasteiger charge is 2.09. The third kappa shape index (κ3) is 3.81. The maximum absolute atomic E-state index is 3.51. The van der Waals surface area contributed by atoms with E-state index < -0.39 is 0 Å². The fraction of sp³-hybridized carbons (Fsp3) is 0.667. The molecule has 1 aromatic heterocycles. The summed E-state index contributed by atoms with van der Waals surface area (Å²) in [6.45, 7) is 11.1. The van der Waals surface area contributed by atoms with Gasteiger partial charge in [-0.25, -0.2) is 0 Å². The quantitative estimate of drug-likeness (QED) is 0.804. The number of thiophene rings is 1. The van der Waals surface area contributed by atoms with Gasteiger partial charge in [0.15, 0.2) is 0 Å². The molecule has 0 fully saturated rings. The smallest absolute Gasteiger partial charge is 0.0302 e. The van der Waals surface area contributed by atoms with E-state index in [1.165, 1.54) is 10.4 Å². The van der Waals surface area contributed by atoms with Gasteiger partial charge in [-0.1, -0.05) is 27.7 Å². The predicted octanol–water partition coefficient (Wildman–Crippen LogP) is 3.45. The van der Waals surface area contributed by atoms with Crippen LogP contribution in [0.1, 0.15) is 38.1 Å². The minimum atomic E-state index is 0.379. The van der Waals surface area contributed by atoms with Crippen molar-refractivity contribution in [2.45, 2.75) is 40.7 Å². The summed E-state index contributed by atoms with van der Waals surface area (Å²) < 4.78 is 0. The van der Waals surface area contributed by atoms with E-state index in [-0.39, 0.29) is 0 Å². The minimum absolute atomic E-state index is 0.379. The minimum Gasteiger partial charge on any atom is -0.311 e. The summed E-state index contributed by atoms with van der Waals surface area (Å²) in [5.74, 6) is 0. The summed E-state index contributed by atoms with van der Waals surface area (Å²) in [6, 6.07) is 2.23. The molecule has 0 atom stereocenters. The van der Waals surface area contributed by atoms with Crippen LogP contribution < -0.4 is 5.32 Å². The Kier molecular flexibility index (Phi) is 4.14. The first-order valence-corrected chi connectivity index (χ1v) is 6.17. The third-order valence-corrected chi connectivity index (χ3v) is 3.12. The standard InChI is InChI=1S/C12H21NS/c1-5-10-6-7-14-11(10)8-13-9-12(2,3)4/h6-7,13H,5,8-9H2,1-4H3. The molecule has 1 heterocycles. The van der Waals surface area contributed by atoms with Gasteiger partial charge in [0.2, 0.25) is 0 Å². The largest absolute Gasteiger partial charge is 0.311 e. The molecule has 0 saturated heterocycles. The van der Waals surface area contributed by atoms with E-state index in [4.69, 9.17) is 0 Å². The monoisotopic (exact) mass is 211 g/mol. The lowest BCUT2D eigenvalue weighted by atomic mass is 9.97. The molecule has 1 aromatic rings. The van der Waals surface area contributed by atoms with Gasteiger partial charge in [-0.3, -0.25) is 0 Å². The van der Waals surface area contributed by atoms with Gasteiger partial charge >= 0.3 is 0 Å². The average molecular weight is 211 g/mol. The summed E-state index contributed by atoms with van der Waals surface area (Å²) in [5, 5.41) is 5.70. The molecule has 1 nitrogen and oxygen atoms in total. The zero-order valence-corrected chi connectivity index (χ0v) is 10.5. The van der Waals surface area contributed by atoms with Gasteiger partial charge in [0.1, 0.15) is 0 Å². The third-order valence-electron chi connectivity index (χ3n) is 2.16. The number of hydrogen-bond acceptors (Lipinski definition) is 2. The van der Waals surface area contributed by atoms with Crippen LogP contribution in [0.15, 0.2) is 11.4 Å². The van der Waals surface area contributed by atoms with Crippen LogP contribution in [0.5, 0.6) is 0 Å². The van der Waals surface area contributed by atoms with Crippen molar-refractivity contribution in [2.24, 2.45) is 5.41 Å². The van der Waals surface area contributed by atoms with Crippen molar-refractivity contribution in [3.8, 4) is 0 Å². The first-order valence-electron chi connectivity index (χ1n) is 5.29. The summed E-state index contributed by atoms with van der Waals surface area (Å²) in [6.07, 6.45) is 1.15. The summed E-state index contributed by atoms with van der Waals surface area (Å²) in [4.78, 5) is 1.50. The van der Waals surface area contributed by atoms with Crippen LogP contribution in [0.2, 0.25) is 0 Å². The average Bonchev–Trinajstić information content (AvgIpc) is 2.49. The van der Waals surface area contributed by atoms with Gasteiger partial charge in [-0.2, -0.15) is 0 Å². The molecule has 0 aromatic carbocycles. The molecular weight excluding hydrogens is 190 g/mol. The van der Waals surface area contributed by atoms with Crippen molar-refractivity contribution in [1.82, 2.24) is 5.32 Å². The van der Waals surface area contributed by atoms with Gasteiger partial charge in [0, 0.05) is 18.0 Å². The lowest BCUT2D eigenvalue weighted by molar-refractivity contribution is 0.380. The van der Waals surface area contributed by atoms with Crippen molar-refractivity contribution in [3.05, 3.63) is 21.9 Å². The second-order valence-corrected chi connectivity index (χ2v) is 5.89. The van der Waals surface area contributed by atoms with E-state index >= 15 is 0 Å². The van der Waals surface area contributed by atoms with Gasteiger partial charge in [0.05, 0.1) is 0 Å². The van der Waals surface area contributed by atoms with Crippen LogP contribution in [0.3, 0.4) is 0 Å².